The number of ether oxygens (including phenoxy) is 1. The summed E-state index contributed by atoms with van der Waals surface area (Å²) in [6.45, 7) is 4.85. The summed E-state index contributed by atoms with van der Waals surface area (Å²) in [6, 6.07) is 8.74. The molecule has 2 aliphatic rings. The molecular formula is C16H22N2O2. The quantitative estimate of drug-likeness (QED) is 0.912. The van der Waals surface area contributed by atoms with Gasteiger partial charge in [0.15, 0.2) is 0 Å². The number of carbonyl (C=O) groups excluding carboxylic acids is 1. The summed E-state index contributed by atoms with van der Waals surface area (Å²) in [4.78, 5) is 13.8. The lowest BCUT2D eigenvalue weighted by molar-refractivity contribution is -0.120. The second-order valence-corrected chi connectivity index (χ2v) is 5.84. The van der Waals surface area contributed by atoms with Crippen LogP contribution in [0.2, 0.25) is 0 Å². The largest absolute Gasteiger partial charge is 0.488 e. The highest BCUT2D eigenvalue weighted by molar-refractivity contribution is 5.76. The Morgan fingerprint density at radius 2 is 2.15 bits per heavy atom. The Bertz CT molecular complexity index is 483. The van der Waals surface area contributed by atoms with Crippen LogP contribution in [-0.2, 0) is 4.79 Å². The smallest absolute Gasteiger partial charge is 0.220 e. The first-order valence-corrected chi connectivity index (χ1v) is 7.45. The maximum absolute atomic E-state index is 11.3. The van der Waals surface area contributed by atoms with E-state index in [0.717, 1.165) is 38.2 Å². The number of hydrogen-bond acceptors (Lipinski definition) is 3. The van der Waals surface area contributed by atoms with Gasteiger partial charge in [0, 0.05) is 32.1 Å². The minimum Gasteiger partial charge on any atom is -0.488 e. The van der Waals surface area contributed by atoms with Crippen LogP contribution in [-0.4, -0.2) is 42.6 Å². The molecule has 2 aliphatic heterocycles. The molecule has 0 aliphatic carbocycles. The lowest BCUT2D eigenvalue weighted by Crippen LogP contribution is -2.57. The molecule has 1 aromatic carbocycles. The lowest BCUT2D eigenvalue weighted by atomic mass is 10.0. The van der Waals surface area contributed by atoms with Crippen LogP contribution in [0.4, 0.5) is 0 Å². The van der Waals surface area contributed by atoms with E-state index >= 15 is 0 Å². The summed E-state index contributed by atoms with van der Waals surface area (Å²) in [6.07, 6.45) is 2.99. The number of carbonyl (C=O) groups is 1. The van der Waals surface area contributed by atoms with Crippen molar-refractivity contribution in [1.29, 1.82) is 0 Å². The molecule has 1 N–H and O–H groups in total. The molecule has 0 radical (unpaired) electrons. The van der Waals surface area contributed by atoms with Crippen LogP contribution < -0.4 is 10.1 Å². The van der Waals surface area contributed by atoms with E-state index in [4.69, 9.17) is 4.74 Å². The predicted molar refractivity (Wildman–Crippen MR) is 77.8 cm³/mol. The van der Waals surface area contributed by atoms with E-state index in [1.807, 2.05) is 12.1 Å². The summed E-state index contributed by atoms with van der Waals surface area (Å²) < 4.78 is 5.98. The standard InChI is InChI=1S/C16H22N2O2/c1-12-3-2-4-14(9-12)20-15-10-18(11-15)13-5-6-16(19)17-8-7-13/h2-4,9,13,15H,5-8,10-11H2,1H3,(H,17,19). The van der Waals surface area contributed by atoms with Gasteiger partial charge < -0.3 is 10.1 Å². The number of rotatable bonds is 3. The molecule has 2 fully saturated rings. The molecule has 2 saturated heterocycles. The Balaban J connectivity index is 1.47. The van der Waals surface area contributed by atoms with Gasteiger partial charge in [-0.2, -0.15) is 0 Å². The molecule has 1 atom stereocenters. The fourth-order valence-electron chi connectivity index (χ4n) is 3.00. The van der Waals surface area contributed by atoms with Crippen LogP contribution in [0.15, 0.2) is 24.3 Å². The Labute approximate surface area is 120 Å². The fraction of sp³-hybridized carbons (Fsp3) is 0.562. The number of amides is 1. The van der Waals surface area contributed by atoms with Crippen molar-refractivity contribution in [3.63, 3.8) is 0 Å². The van der Waals surface area contributed by atoms with E-state index in [-0.39, 0.29) is 5.91 Å². The molecule has 1 amide bonds. The molecular weight excluding hydrogens is 252 g/mol. The molecule has 0 saturated carbocycles. The van der Waals surface area contributed by atoms with Crippen molar-refractivity contribution in [3.05, 3.63) is 29.8 Å². The van der Waals surface area contributed by atoms with Crippen molar-refractivity contribution in [2.24, 2.45) is 0 Å². The first-order valence-electron chi connectivity index (χ1n) is 7.45. The Hall–Kier alpha value is -1.55. The third-order valence-corrected chi connectivity index (χ3v) is 4.19. The molecule has 20 heavy (non-hydrogen) atoms. The van der Waals surface area contributed by atoms with Crippen LogP contribution in [0, 0.1) is 6.92 Å². The van der Waals surface area contributed by atoms with E-state index in [1.165, 1.54) is 5.56 Å². The zero-order valence-corrected chi connectivity index (χ0v) is 12.0. The SMILES string of the molecule is Cc1cccc(OC2CN(C3CCNC(=O)CC3)C2)c1. The van der Waals surface area contributed by atoms with Crippen molar-refractivity contribution in [2.45, 2.75) is 38.3 Å². The highest BCUT2D eigenvalue weighted by Crippen LogP contribution is 2.24. The summed E-state index contributed by atoms with van der Waals surface area (Å²) in [5.41, 5.74) is 1.23. The van der Waals surface area contributed by atoms with Gasteiger partial charge >= 0.3 is 0 Å². The van der Waals surface area contributed by atoms with E-state index in [0.29, 0.717) is 18.6 Å². The van der Waals surface area contributed by atoms with Crippen molar-refractivity contribution in [1.82, 2.24) is 10.2 Å². The first-order chi connectivity index (χ1) is 9.70. The van der Waals surface area contributed by atoms with Crippen LogP contribution in [0.1, 0.15) is 24.8 Å². The minimum absolute atomic E-state index is 0.195. The summed E-state index contributed by atoms with van der Waals surface area (Å²) >= 11 is 0. The predicted octanol–water partition coefficient (Wildman–Crippen LogP) is 1.73. The zero-order valence-electron chi connectivity index (χ0n) is 12.0. The molecule has 1 unspecified atom stereocenters. The van der Waals surface area contributed by atoms with Gasteiger partial charge in [-0.3, -0.25) is 9.69 Å². The number of hydrogen-bond donors (Lipinski definition) is 1. The van der Waals surface area contributed by atoms with E-state index < -0.39 is 0 Å². The van der Waals surface area contributed by atoms with Crippen molar-refractivity contribution in [2.75, 3.05) is 19.6 Å². The van der Waals surface area contributed by atoms with Crippen LogP contribution >= 0.6 is 0 Å². The lowest BCUT2D eigenvalue weighted by Gasteiger charge is -2.43. The molecule has 108 valence electrons. The molecule has 0 bridgehead atoms. The molecule has 4 heteroatoms. The topological polar surface area (TPSA) is 41.6 Å². The average Bonchev–Trinajstić information content (AvgIpc) is 2.58. The summed E-state index contributed by atoms with van der Waals surface area (Å²) in [5.74, 6) is 1.16. The van der Waals surface area contributed by atoms with Crippen LogP contribution in [0.25, 0.3) is 0 Å². The second-order valence-electron chi connectivity index (χ2n) is 5.84. The molecule has 2 heterocycles. The van der Waals surface area contributed by atoms with Crippen molar-refractivity contribution < 1.29 is 9.53 Å². The minimum atomic E-state index is 0.195. The van der Waals surface area contributed by atoms with Gasteiger partial charge in [0.05, 0.1) is 0 Å². The summed E-state index contributed by atoms with van der Waals surface area (Å²) in [5, 5.41) is 2.94. The second kappa shape index (κ2) is 5.83. The first kappa shape index (κ1) is 13.4. The van der Waals surface area contributed by atoms with E-state index in [2.05, 4.69) is 29.3 Å². The molecule has 4 nitrogen and oxygen atoms in total. The fourth-order valence-corrected chi connectivity index (χ4v) is 3.00. The number of aryl methyl sites for hydroxylation is 1. The van der Waals surface area contributed by atoms with Crippen LogP contribution in [0.5, 0.6) is 5.75 Å². The molecule has 0 spiro atoms. The van der Waals surface area contributed by atoms with E-state index in [1.54, 1.807) is 0 Å². The monoisotopic (exact) mass is 274 g/mol. The Kier molecular flexibility index (Phi) is 3.92. The third-order valence-electron chi connectivity index (χ3n) is 4.19. The van der Waals surface area contributed by atoms with Gasteiger partial charge in [-0.05, 0) is 37.5 Å². The number of benzene rings is 1. The van der Waals surface area contributed by atoms with Crippen LogP contribution in [0.3, 0.4) is 0 Å². The van der Waals surface area contributed by atoms with E-state index in [9.17, 15) is 4.79 Å². The zero-order chi connectivity index (χ0) is 13.9. The molecule has 1 aromatic rings. The average molecular weight is 274 g/mol. The number of likely N-dealkylation sites (tertiary alicyclic amines) is 1. The van der Waals surface area contributed by atoms with Gasteiger partial charge in [-0.1, -0.05) is 12.1 Å². The van der Waals surface area contributed by atoms with Gasteiger partial charge in [-0.25, -0.2) is 0 Å². The van der Waals surface area contributed by atoms with Crippen molar-refractivity contribution >= 4 is 5.91 Å². The Morgan fingerprint density at radius 3 is 2.95 bits per heavy atom. The Morgan fingerprint density at radius 1 is 1.30 bits per heavy atom. The highest BCUT2D eigenvalue weighted by atomic mass is 16.5. The van der Waals surface area contributed by atoms with Gasteiger partial charge in [0.1, 0.15) is 11.9 Å². The molecule has 3 rings (SSSR count). The van der Waals surface area contributed by atoms with Crippen molar-refractivity contribution in [3.8, 4) is 5.75 Å². The number of nitrogens with one attached hydrogen (secondary N) is 1. The maximum Gasteiger partial charge on any atom is 0.220 e. The third kappa shape index (κ3) is 3.12. The van der Waals surface area contributed by atoms with Gasteiger partial charge in [0.2, 0.25) is 5.91 Å². The molecule has 0 aromatic heterocycles. The van der Waals surface area contributed by atoms with Gasteiger partial charge in [0.25, 0.3) is 0 Å². The summed E-state index contributed by atoms with van der Waals surface area (Å²) in [7, 11) is 0. The normalized spacial score (nSPS) is 24.6. The number of nitrogens with zero attached hydrogens (tertiary/aromatic N) is 1. The highest BCUT2D eigenvalue weighted by Gasteiger charge is 2.34. The maximum atomic E-state index is 11.3. The van der Waals surface area contributed by atoms with Gasteiger partial charge in [-0.15, -0.1) is 0 Å².